The van der Waals surface area contributed by atoms with E-state index in [9.17, 15) is 0 Å². The summed E-state index contributed by atoms with van der Waals surface area (Å²) in [5.41, 5.74) is 0. The van der Waals surface area contributed by atoms with E-state index in [0.29, 0.717) is 0 Å². The summed E-state index contributed by atoms with van der Waals surface area (Å²) in [6.07, 6.45) is -2.23. The van der Waals surface area contributed by atoms with Crippen molar-refractivity contribution < 1.29 is 19.7 Å². The van der Waals surface area contributed by atoms with Crippen molar-refractivity contribution >= 4 is 0 Å². The van der Waals surface area contributed by atoms with Gasteiger partial charge in [0.2, 0.25) is 0 Å². The van der Waals surface area contributed by atoms with Gasteiger partial charge in [0.05, 0.1) is 12.7 Å². The molecule has 0 heterocycles. The van der Waals surface area contributed by atoms with E-state index in [2.05, 4.69) is 4.74 Å². The fraction of sp³-hybridized carbons (Fsp3) is 1.00. The molecular formula is C7H16O4. The van der Waals surface area contributed by atoms with Crippen LogP contribution >= 0.6 is 0 Å². The Morgan fingerprint density at radius 3 is 2.18 bits per heavy atom. The molecule has 0 aliphatic rings. The van der Waals surface area contributed by atoms with Crippen molar-refractivity contribution in [1.82, 2.24) is 0 Å². The number of rotatable bonds is 5. The van der Waals surface area contributed by atoms with Gasteiger partial charge >= 0.3 is 0 Å². The first kappa shape index (κ1) is 10.8. The molecule has 2 atom stereocenters. The predicted molar refractivity (Wildman–Crippen MR) is 40.1 cm³/mol. The van der Waals surface area contributed by atoms with Crippen LogP contribution in [0.5, 0.6) is 0 Å². The van der Waals surface area contributed by atoms with Crippen LogP contribution in [0.15, 0.2) is 0 Å². The topological polar surface area (TPSA) is 58.9 Å². The smallest absolute Gasteiger partial charge is 0.183 e. The van der Waals surface area contributed by atoms with Gasteiger partial charge in [0, 0.05) is 7.11 Å². The lowest BCUT2D eigenvalue weighted by atomic mass is 10.3. The van der Waals surface area contributed by atoms with E-state index in [0.717, 1.165) is 0 Å². The fourth-order valence-electron chi connectivity index (χ4n) is 0.623. The highest BCUT2D eigenvalue weighted by molar-refractivity contribution is 4.57. The van der Waals surface area contributed by atoms with Gasteiger partial charge < -0.3 is 19.7 Å². The normalized spacial score (nSPS) is 16.9. The zero-order valence-corrected chi connectivity index (χ0v) is 7.15. The Labute approximate surface area is 66.7 Å². The first-order valence-corrected chi connectivity index (χ1v) is 3.58. The van der Waals surface area contributed by atoms with E-state index < -0.39 is 12.4 Å². The van der Waals surface area contributed by atoms with Gasteiger partial charge in [-0.2, -0.15) is 0 Å². The number of aliphatic hydroxyl groups excluding tert-OH is 2. The van der Waals surface area contributed by atoms with Crippen molar-refractivity contribution in [2.75, 3.05) is 13.7 Å². The predicted octanol–water partition coefficient (Wildman–Crippen LogP) is -0.263. The Hall–Kier alpha value is -0.160. The summed E-state index contributed by atoms with van der Waals surface area (Å²) in [6.45, 7) is 3.64. The number of hydrogen-bond donors (Lipinski definition) is 2. The van der Waals surface area contributed by atoms with Crippen molar-refractivity contribution in [1.29, 1.82) is 0 Å². The average Bonchev–Trinajstić information content (AvgIpc) is 1.86. The molecule has 0 aromatic heterocycles. The van der Waals surface area contributed by atoms with Crippen molar-refractivity contribution in [2.24, 2.45) is 0 Å². The maximum atomic E-state index is 9.07. The Balaban J connectivity index is 3.54. The van der Waals surface area contributed by atoms with E-state index in [1.165, 1.54) is 7.11 Å². The molecule has 0 aliphatic carbocycles. The standard InChI is InChI=1S/C7H16O4/c1-5(2)11-7(9)6(8)4-10-3/h5-9H,4H2,1-3H3. The van der Waals surface area contributed by atoms with Gasteiger partial charge in [-0.05, 0) is 13.8 Å². The number of aliphatic hydroxyl groups is 2. The maximum Gasteiger partial charge on any atom is 0.183 e. The first-order valence-electron chi connectivity index (χ1n) is 3.58. The summed E-state index contributed by atoms with van der Waals surface area (Å²) in [4.78, 5) is 0. The number of ether oxygens (including phenoxy) is 2. The van der Waals surface area contributed by atoms with Gasteiger partial charge in [0.25, 0.3) is 0 Å². The van der Waals surface area contributed by atoms with Crippen LogP contribution in [0.4, 0.5) is 0 Å². The molecule has 0 saturated heterocycles. The second kappa shape index (κ2) is 5.49. The molecule has 68 valence electrons. The molecule has 0 spiro atoms. The first-order chi connectivity index (χ1) is 5.07. The van der Waals surface area contributed by atoms with Crippen LogP contribution in [0.25, 0.3) is 0 Å². The van der Waals surface area contributed by atoms with E-state index in [4.69, 9.17) is 14.9 Å². The quantitative estimate of drug-likeness (QED) is 0.549. The molecule has 0 radical (unpaired) electrons. The second-order valence-electron chi connectivity index (χ2n) is 2.60. The van der Waals surface area contributed by atoms with Crippen LogP contribution in [-0.4, -0.2) is 42.4 Å². The molecule has 0 fully saturated rings. The SMILES string of the molecule is COCC(O)C(O)OC(C)C. The van der Waals surface area contributed by atoms with Crippen molar-refractivity contribution in [3.05, 3.63) is 0 Å². The van der Waals surface area contributed by atoms with Crippen molar-refractivity contribution in [3.8, 4) is 0 Å². The zero-order valence-electron chi connectivity index (χ0n) is 7.15. The van der Waals surface area contributed by atoms with E-state index in [1.807, 2.05) is 0 Å². The third kappa shape index (κ3) is 5.15. The molecule has 2 N–H and O–H groups in total. The summed E-state index contributed by atoms with van der Waals surface area (Å²) in [5.74, 6) is 0. The average molecular weight is 164 g/mol. The lowest BCUT2D eigenvalue weighted by Crippen LogP contribution is -2.34. The van der Waals surface area contributed by atoms with Crippen LogP contribution in [0, 0.1) is 0 Å². The molecule has 0 amide bonds. The van der Waals surface area contributed by atoms with Gasteiger partial charge in [0.1, 0.15) is 6.10 Å². The Kier molecular flexibility index (Phi) is 5.41. The van der Waals surface area contributed by atoms with E-state index >= 15 is 0 Å². The Morgan fingerprint density at radius 1 is 1.27 bits per heavy atom. The molecule has 0 aromatic carbocycles. The van der Waals surface area contributed by atoms with E-state index in [-0.39, 0.29) is 12.7 Å². The molecule has 0 bridgehead atoms. The molecule has 0 aromatic rings. The van der Waals surface area contributed by atoms with E-state index in [1.54, 1.807) is 13.8 Å². The van der Waals surface area contributed by atoms with Gasteiger partial charge in [-0.15, -0.1) is 0 Å². The van der Waals surface area contributed by atoms with Crippen LogP contribution in [0.3, 0.4) is 0 Å². The fourth-order valence-corrected chi connectivity index (χ4v) is 0.623. The molecule has 11 heavy (non-hydrogen) atoms. The second-order valence-corrected chi connectivity index (χ2v) is 2.60. The molecule has 0 aliphatic heterocycles. The summed E-state index contributed by atoms with van der Waals surface area (Å²) < 4.78 is 9.51. The molecule has 0 rings (SSSR count). The molecule has 4 nitrogen and oxygen atoms in total. The highest BCUT2D eigenvalue weighted by Gasteiger charge is 2.17. The summed E-state index contributed by atoms with van der Waals surface area (Å²) >= 11 is 0. The van der Waals surface area contributed by atoms with Crippen molar-refractivity contribution in [2.45, 2.75) is 32.3 Å². The Bertz CT molecular complexity index is 94.4. The number of methoxy groups -OCH3 is 1. The molecule has 0 saturated carbocycles. The summed E-state index contributed by atoms with van der Waals surface area (Å²) in [5, 5.41) is 18.1. The maximum absolute atomic E-state index is 9.07. The minimum Gasteiger partial charge on any atom is -0.385 e. The molecule has 4 heteroatoms. The van der Waals surface area contributed by atoms with Crippen LogP contribution in [0.1, 0.15) is 13.8 Å². The van der Waals surface area contributed by atoms with Crippen LogP contribution in [-0.2, 0) is 9.47 Å². The lowest BCUT2D eigenvalue weighted by Gasteiger charge is -2.19. The van der Waals surface area contributed by atoms with Gasteiger partial charge in [-0.1, -0.05) is 0 Å². The minimum atomic E-state index is -1.16. The zero-order chi connectivity index (χ0) is 8.85. The lowest BCUT2D eigenvalue weighted by molar-refractivity contribution is -0.190. The Morgan fingerprint density at radius 2 is 1.82 bits per heavy atom. The van der Waals surface area contributed by atoms with Crippen LogP contribution < -0.4 is 0 Å². The minimum absolute atomic E-state index is 0.0773. The van der Waals surface area contributed by atoms with Gasteiger partial charge in [-0.3, -0.25) is 0 Å². The summed E-state index contributed by atoms with van der Waals surface area (Å²) in [6, 6.07) is 0. The monoisotopic (exact) mass is 164 g/mol. The molecular weight excluding hydrogens is 148 g/mol. The highest BCUT2D eigenvalue weighted by atomic mass is 16.6. The summed E-state index contributed by atoms with van der Waals surface area (Å²) in [7, 11) is 1.45. The largest absolute Gasteiger partial charge is 0.385 e. The third-order valence-electron chi connectivity index (χ3n) is 1.08. The van der Waals surface area contributed by atoms with Gasteiger partial charge in [-0.25, -0.2) is 0 Å². The van der Waals surface area contributed by atoms with Crippen molar-refractivity contribution in [3.63, 3.8) is 0 Å². The number of hydrogen-bond acceptors (Lipinski definition) is 4. The molecule has 2 unspecified atom stereocenters. The van der Waals surface area contributed by atoms with Gasteiger partial charge in [0.15, 0.2) is 6.29 Å². The highest BCUT2D eigenvalue weighted by Crippen LogP contribution is 2.00. The van der Waals surface area contributed by atoms with Crippen LogP contribution in [0.2, 0.25) is 0 Å². The third-order valence-corrected chi connectivity index (χ3v) is 1.08.